The number of aromatic nitrogens is 2. The van der Waals surface area contributed by atoms with Gasteiger partial charge in [0.25, 0.3) is 5.91 Å². The van der Waals surface area contributed by atoms with Crippen LogP contribution in [0.25, 0.3) is 11.3 Å². The molecule has 1 aromatic carbocycles. The number of methoxy groups -OCH3 is 1. The molecular formula is C18H17N3O2S. The van der Waals surface area contributed by atoms with Gasteiger partial charge < -0.3 is 10.1 Å². The van der Waals surface area contributed by atoms with E-state index < -0.39 is 0 Å². The smallest absolute Gasteiger partial charge is 0.251 e. The predicted molar refractivity (Wildman–Crippen MR) is 94.2 cm³/mol. The van der Waals surface area contributed by atoms with Crippen LogP contribution in [0.15, 0.2) is 54.2 Å². The Balaban J connectivity index is 1.69. The van der Waals surface area contributed by atoms with Crippen molar-refractivity contribution in [3.8, 4) is 17.0 Å². The van der Waals surface area contributed by atoms with E-state index in [9.17, 15) is 4.79 Å². The summed E-state index contributed by atoms with van der Waals surface area (Å²) in [4.78, 5) is 20.9. The number of ether oxygens (including phenoxy) is 1. The zero-order chi connectivity index (χ0) is 16.9. The van der Waals surface area contributed by atoms with Crippen molar-refractivity contribution in [1.29, 1.82) is 0 Å². The fraction of sp³-hybridized carbons (Fsp3) is 0.167. The minimum Gasteiger partial charge on any atom is -0.497 e. The molecule has 0 radical (unpaired) electrons. The second-order valence-electron chi connectivity index (χ2n) is 5.23. The Morgan fingerprint density at radius 3 is 2.54 bits per heavy atom. The quantitative estimate of drug-likeness (QED) is 0.770. The van der Waals surface area contributed by atoms with E-state index in [1.807, 2.05) is 24.4 Å². The predicted octanol–water partition coefficient (Wildman–Crippen LogP) is 3.70. The molecule has 122 valence electrons. The van der Waals surface area contributed by atoms with Crippen molar-refractivity contribution in [2.45, 2.75) is 13.0 Å². The van der Waals surface area contributed by atoms with Crippen molar-refractivity contribution in [2.75, 3.05) is 7.11 Å². The monoisotopic (exact) mass is 339 g/mol. The number of pyridine rings is 1. The first-order valence-electron chi connectivity index (χ1n) is 7.48. The highest BCUT2D eigenvalue weighted by Gasteiger charge is 2.15. The summed E-state index contributed by atoms with van der Waals surface area (Å²) >= 11 is 1.53. The van der Waals surface area contributed by atoms with Crippen LogP contribution >= 0.6 is 11.3 Å². The maximum Gasteiger partial charge on any atom is 0.251 e. The summed E-state index contributed by atoms with van der Waals surface area (Å²) in [6, 6.07) is 10.7. The number of nitrogens with zero attached hydrogens (tertiary/aromatic N) is 2. The second kappa shape index (κ2) is 7.23. The van der Waals surface area contributed by atoms with Crippen molar-refractivity contribution in [3.63, 3.8) is 0 Å². The third-order valence-corrected chi connectivity index (χ3v) is 4.60. The molecule has 0 bridgehead atoms. The Morgan fingerprint density at radius 1 is 1.17 bits per heavy atom. The van der Waals surface area contributed by atoms with Gasteiger partial charge in [0, 0.05) is 28.9 Å². The van der Waals surface area contributed by atoms with Gasteiger partial charge in [-0.3, -0.25) is 9.78 Å². The summed E-state index contributed by atoms with van der Waals surface area (Å²) < 4.78 is 5.10. The highest BCUT2D eigenvalue weighted by Crippen LogP contribution is 2.25. The number of thiazole rings is 1. The molecule has 0 unspecified atom stereocenters. The molecule has 2 heterocycles. The molecular weight excluding hydrogens is 322 g/mol. The molecule has 5 nitrogen and oxygen atoms in total. The minimum absolute atomic E-state index is 0.134. The van der Waals surface area contributed by atoms with Crippen LogP contribution in [-0.4, -0.2) is 23.0 Å². The molecule has 1 N–H and O–H groups in total. The maximum atomic E-state index is 12.3. The molecule has 0 saturated carbocycles. The van der Waals surface area contributed by atoms with Crippen LogP contribution in [0.1, 0.15) is 28.3 Å². The molecule has 0 fully saturated rings. The maximum absolute atomic E-state index is 12.3. The summed E-state index contributed by atoms with van der Waals surface area (Å²) in [5.74, 6) is 0.590. The van der Waals surface area contributed by atoms with Gasteiger partial charge in [-0.1, -0.05) is 0 Å². The molecule has 1 atom stereocenters. The molecule has 3 aromatic rings. The zero-order valence-electron chi connectivity index (χ0n) is 13.4. The van der Waals surface area contributed by atoms with Gasteiger partial charge in [0.05, 0.1) is 18.8 Å². The van der Waals surface area contributed by atoms with Crippen LogP contribution in [0.3, 0.4) is 0 Å². The standard InChI is InChI=1S/C18H17N3O2S/c1-12(20-17(22)14-3-5-15(23-2)6-4-14)18-21-16(11-24-18)13-7-9-19-10-8-13/h3-12H,1-2H3,(H,20,22)/t12-/m0/s1. The van der Waals surface area contributed by atoms with Gasteiger partial charge in [-0.05, 0) is 43.3 Å². The van der Waals surface area contributed by atoms with E-state index in [-0.39, 0.29) is 11.9 Å². The Labute approximate surface area is 144 Å². The van der Waals surface area contributed by atoms with Crippen molar-refractivity contribution in [1.82, 2.24) is 15.3 Å². The lowest BCUT2D eigenvalue weighted by atomic mass is 10.2. The van der Waals surface area contributed by atoms with Crippen LogP contribution in [0.5, 0.6) is 5.75 Å². The highest BCUT2D eigenvalue weighted by molar-refractivity contribution is 7.10. The average Bonchev–Trinajstić information content (AvgIpc) is 3.13. The lowest BCUT2D eigenvalue weighted by Crippen LogP contribution is -2.26. The number of carbonyl (C=O) groups is 1. The average molecular weight is 339 g/mol. The number of nitrogens with one attached hydrogen (secondary N) is 1. The van der Waals surface area contributed by atoms with E-state index in [1.54, 1.807) is 43.8 Å². The minimum atomic E-state index is -0.166. The van der Waals surface area contributed by atoms with E-state index in [1.165, 1.54) is 11.3 Å². The Morgan fingerprint density at radius 2 is 1.88 bits per heavy atom. The van der Waals surface area contributed by atoms with Gasteiger partial charge >= 0.3 is 0 Å². The fourth-order valence-electron chi connectivity index (χ4n) is 2.23. The summed E-state index contributed by atoms with van der Waals surface area (Å²) in [5.41, 5.74) is 2.50. The topological polar surface area (TPSA) is 64.1 Å². The first-order valence-corrected chi connectivity index (χ1v) is 8.36. The first kappa shape index (κ1) is 16.1. The second-order valence-corrected chi connectivity index (χ2v) is 6.12. The van der Waals surface area contributed by atoms with E-state index in [4.69, 9.17) is 4.74 Å². The normalized spacial score (nSPS) is 11.8. The molecule has 3 rings (SSSR count). The third kappa shape index (κ3) is 3.60. The van der Waals surface area contributed by atoms with Crippen LogP contribution in [0.2, 0.25) is 0 Å². The fourth-order valence-corrected chi connectivity index (χ4v) is 3.06. The van der Waals surface area contributed by atoms with Gasteiger partial charge in [0.1, 0.15) is 10.8 Å². The molecule has 1 amide bonds. The SMILES string of the molecule is COc1ccc(C(=O)N[C@@H](C)c2nc(-c3ccncc3)cs2)cc1. The summed E-state index contributed by atoms with van der Waals surface area (Å²) in [7, 11) is 1.60. The molecule has 0 spiro atoms. The van der Waals surface area contributed by atoms with E-state index in [0.717, 1.165) is 22.0 Å². The van der Waals surface area contributed by atoms with E-state index in [0.29, 0.717) is 5.56 Å². The molecule has 0 saturated heterocycles. The van der Waals surface area contributed by atoms with Gasteiger partial charge in [-0.2, -0.15) is 0 Å². The highest BCUT2D eigenvalue weighted by atomic mass is 32.1. The lowest BCUT2D eigenvalue weighted by Gasteiger charge is -2.11. The van der Waals surface area contributed by atoms with E-state index >= 15 is 0 Å². The first-order chi connectivity index (χ1) is 11.7. The molecule has 2 aromatic heterocycles. The number of carbonyl (C=O) groups excluding carboxylic acids is 1. The van der Waals surface area contributed by atoms with Gasteiger partial charge in [0.2, 0.25) is 0 Å². The van der Waals surface area contributed by atoms with E-state index in [2.05, 4.69) is 15.3 Å². The van der Waals surface area contributed by atoms with Crippen molar-refractivity contribution >= 4 is 17.2 Å². The van der Waals surface area contributed by atoms with Crippen LogP contribution in [0.4, 0.5) is 0 Å². The molecule has 0 aliphatic heterocycles. The Bertz CT molecular complexity index is 816. The summed E-state index contributed by atoms with van der Waals surface area (Å²) in [5, 5.41) is 5.82. The molecule has 0 aliphatic rings. The summed E-state index contributed by atoms with van der Waals surface area (Å²) in [6.07, 6.45) is 3.48. The largest absolute Gasteiger partial charge is 0.497 e. The van der Waals surface area contributed by atoms with Gasteiger partial charge in [-0.15, -0.1) is 11.3 Å². The molecule has 24 heavy (non-hydrogen) atoms. The van der Waals surface area contributed by atoms with Gasteiger partial charge in [-0.25, -0.2) is 4.98 Å². The number of hydrogen-bond donors (Lipinski definition) is 1. The Kier molecular flexibility index (Phi) is 4.86. The lowest BCUT2D eigenvalue weighted by molar-refractivity contribution is 0.0940. The van der Waals surface area contributed by atoms with Crippen molar-refractivity contribution < 1.29 is 9.53 Å². The number of rotatable bonds is 5. The third-order valence-electron chi connectivity index (χ3n) is 3.57. The Hall–Kier alpha value is -2.73. The van der Waals surface area contributed by atoms with Crippen molar-refractivity contribution in [3.05, 3.63) is 64.7 Å². The number of hydrogen-bond acceptors (Lipinski definition) is 5. The van der Waals surface area contributed by atoms with Crippen molar-refractivity contribution in [2.24, 2.45) is 0 Å². The number of benzene rings is 1. The number of amides is 1. The molecule has 6 heteroatoms. The summed E-state index contributed by atoms with van der Waals surface area (Å²) in [6.45, 7) is 1.93. The van der Waals surface area contributed by atoms with Crippen LogP contribution in [0, 0.1) is 0 Å². The zero-order valence-corrected chi connectivity index (χ0v) is 14.2. The van der Waals surface area contributed by atoms with Gasteiger partial charge in [0.15, 0.2) is 0 Å². The molecule has 0 aliphatic carbocycles. The van der Waals surface area contributed by atoms with Crippen LogP contribution in [-0.2, 0) is 0 Å². The van der Waals surface area contributed by atoms with Crippen LogP contribution < -0.4 is 10.1 Å².